The summed E-state index contributed by atoms with van der Waals surface area (Å²) >= 11 is 5.58. The molecule has 0 amide bonds. The molecule has 1 aromatic heterocycles. The van der Waals surface area contributed by atoms with E-state index in [0.717, 1.165) is 0 Å². The number of hydrogen-bond donors (Lipinski definition) is 0. The van der Waals surface area contributed by atoms with Crippen LogP contribution in [0.5, 0.6) is 5.88 Å². The van der Waals surface area contributed by atoms with Crippen LogP contribution in [0.3, 0.4) is 0 Å². The summed E-state index contributed by atoms with van der Waals surface area (Å²) in [7, 11) is 0. The lowest BCUT2D eigenvalue weighted by atomic mass is 10.2. The Morgan fingerprint density at radius 3 is 2.47 bits per heavy atom. The van der Waals surface area contributed by atoms with E-state index in [4.69, 9.17) is 21.1 Å². The van der Waals surface area contributed by atoms with E-state index >= 15 is 0 Å². The molecular weight excluding hydrogens is 216 g/mol. The lowest BCUT2D eigenvalue weighted by molar-refractivity contribution is -0.0169. The highest BCUT2D eigenvalue weighted by Gasteiger charge is 2.09. The fourth-order valence-corrected chi connectivity index (χ4v) is 0.976. The standard InChI is InChI=1S/C10H15ClN2O2/c1-10(2,3)15-7-6-14-9-5-4-8(11)12-13-9/h4-5H,6-7H2,1-3H3. The number of halogens is 1. The number of nitrogens with zero attached hydrogens (tertiary/aromatic N) is 2. The highest BCUT2D eigenvalue weighted by atomic mass is 35.5. The molecule has 0 spiro atoms. The topological polar surface area (TPSA) is 44.2 Å². The summed E-state index contributed by atoms with van der Waals surface area (Å²) in [5.74, 6) is 0.455. The maximum absolute atomic E-state index is 5.58. The monoisotopic (exact) mass is 230 g/mol. The minimum Gasteiger partial charge on any atom is -0.474 e. The summed E-state index contributed by atoms with van der Waals surface area (Å²) in [6.07, 6.45) is 0. The van der Waals surface area contributed by atoms with Gasteiger partial charge in [-0.3, -0.25) is 0 Å². The Morgan fingerprint density at radius 1 is 1.20 bits per heavy atom. The van der Waals surface area contributed by atoms with Crippen LogP contribution in [0.1, 0.15) is 20.8 Å². The van der Waals surface area contributed by atoms with Crippen LogP contribution < -0.4 is 4.74 Å². The van der Waals surface area contributed by atoms with Crippen LogP contribution in [-0.2, 0) is 4.74 Å². The minimum atomic E-state index is -0.144. The van der Waals surface area contributed by atoms with Gasteiger partial charge in [-0.2, -0.15) is 0 Å². The SMILES string of the molecule is CC(C)(C)OCCOc1ccc(Cl)nn1. The van der Waals surface area contributed by atoms with Crippen LogP contribution in [0.25, 0.3) is 0 Å². The molecular formula is C10H15ClN2O2. The molecule has 15 heavy (non-hydrogen) atoms. The maximum atomic E-state index is 5.58. The Bertz CT molecular complexity index is 295. The summed E-state index contributed by atoms with van der Waals surface area (Å²) in [6, 6.07) is 3.31. The first-order chi connectivity index (χ1) is 6.97. The first kappa shape index (κ1) is 12.2. The van der Waals surface area contributed by atoms with E-state index in [2.05, 4.69) is 10.2 Å². The number of hydrogen-bond acceptors (Lipinski definition) is 4. The summed E-state index contributed by atoms with van der Waals surface area (Å²) in [6.45, 7) is 6.96. The molecule has 0 unspecified atom stereocenters. The minimum absolute atomic E-state index is 0.144. The second-order valence-corrected chi connectivity index (χ2v) is 4.39. The van der Waals surface area contributed by atoms with Crippen molar-refractivity contribution in [3.63, 3.8) is 0 Å². The Morgan fingerprint density at radius 2 is 1.93 bits per heavy atom. The molecule has 1 aromatic rings. The lowest BCUT2D eigenvalue weighted by Crippen LogP contribution is -2.22. The molecule has 0 atom stereocenters. The molecule has 0 aliphatic heterocycles. The summed E-state index contributed by atoms with van der Waals surface area (Å²) in [5.41, 5.74) is -0.144. The average molecular weight is 231 g/mol. The second-order valence-electron chi connectivity index (χ2n) is 4.00. The van der Waals surface area contributed by atoms with E-state index in [9.17, 15) is 0 Å². The number of aromatic nitrogens is 2. The van der Waals surface area contributed by atoms with Gasteiger partial charge in [-0.1, -0.05) is 11.6 Å². The van der Waals surface area contributed by atoms with Gasteiger partial charge in [0, 0.05) is 6.07 Å². The molecule has 1 heterocycles. The zero-order valence-electron chi connectivity index (χ0n) is 9.16. The molecule has 0 N–H and O–H groups in total. The van der Waals surface area contributed by atoms with Crippen molar-refractivity contribution in [3.8, 4) is 5.88 Å². The van der Waals surface area contributed by atoms with Crippen LogP contribution in [-0.4, -0.2) is 29.0 Å². The third-order valence-electron chi connectivity index (χ3n) is 1.48. The van der Waals surface area contributed by atoms with Crippen molar-refractivity contribution in [2.24, 2.45) is 0 Å². The summed E-state index contributed by atoms with van der Waals surface area (Å²) in [5, 5.41) is 7.76. The van der Waals surface area contributed by atoms with Crippen LogP contribution in [0.4, 0.5) is 0 Å². The lowest BCUT2D eigenvalue weighted by Gasteiger charge is -2.19. The van der Waals surface area contributed by atoms with Crippen molar-refractivity contribution in [3.05, 3.63) is 17.3 Å². The molecule has 0 bridgehead atoms. The average Bonchev–Trinajstić information content (AvgIpc) is 2.14. The smallest absolute Gasteiger partial charge is 0.233 e. The van der Waals surface area contributed by atoms with Gasteiger partial charge in [0.25, 0.3) is 0 Å². The van der Waals surface area contributed by atoms with Gasteiger partial charge < -0.3 is 9.47 Å². The van der Waals surface area contributed by atoms with E-state index in [1.165, 1.54) is 0 Å². The highest BCUT2D eigenvalue weighted by molar-refractivity contribution is 6.29. The molecule has 1 rings (SSSR count). The van der Waals surface area contributed by atoms with Crippen LogP contribution in [0.2, 0.25) is 5.15 Å². The van der Waals surface area contributed by atoms with Gasteiger partial charge in [0.15, 0.2) is 5.15 Å². The van der Waals surface area contributed by atoms with Crippen molar-refractivity contribution in [2.75, 3.05) is 13.2 Å². The first-order valence-electron chi connectivity index (χ1n) is 4.73. The van der Waals surface area contributed by atoms with Crippen molar-refractivity contribution >= 4 is 11.6 Å². The summed E-state index contributed by atoms with van der Waals surface area (Å²) in [4.78, 5) is 0. The van der Waals surface area contributed by atoms with E-state index < -0.39 is 0 Å². The first-order valence-corrected chi connectivity index (χ1v) is 5.11. The van der Waals surface area contributed by atoms with Crippen molar-refractivity contribution in [1.82, 2.24) is 10.2 Å². The fraction of sp³-hybridized carbons (Fsp3) is 0.600. The van der Waals surface area contributed by atoms with E-state index in [1.54, 1.807) is 12.1 Å². The van der Waals surface area contributed by atoms with Gasteiger partial charge in [0.1, 0.15) is 6.61 Å². The Labute approximate surface area is 94.6 Å². The fourth-order valence-electron chi connectivity index (χ4n) is 0.875. The third-order valence-corrected chi connectivity index (χ3v) is 1.68. The number of ether oxygens (including phenoxy) is 2. The van der Waals surface area contributed by atoms with Gasteiger partial charge in [0.2, 0.25) is 5.88 Å². The van der Waals surface area contributed by atoms with E-state index in [1.807, 2.05) is 20.8 Å². The maximum Gasteiger partial charge on any atom is 0.233 e. The normalized spacial score (nSPS) is 11.5. The molecule has 5 heteroatoms. The molecule has 0 aliphatic carbocycles. The summed E-state index contributed by atoms with van der Waals surface area (Å²) < 4.78 is 10.8. The second kappa shape index (κ2) is 5.28. The van der Waals surface area contributed by atoms with Gasteiger partial charge in [0.05, 0.1) is 12.2 Å². The van der Waals surface area contributed by atoms with Gasteiger partial charge in [-0.25, -0.2) is 0 Å². The quantitative estimate of drug-likeness (QED) is 0.745. The van der Waals surface area contributed by atoms with Crippen molar-refractivity contribution in [1.29, 1.82) is 0 Å². The molecule has 0 fully saturated rings. The van der Waals surface area contributed by atoms with Crippen molar-refractivity contribution in [2.45, 2.75) is 26.4 Å². The zero-order chi connectivity index (χ0) is 11.3. The molecule has 0 aromatic carbocycles. The molecule has 0 radical (unpaired) electrons. The van der Waals surface area contributed by atoms with Gasteiger partial charge in [-0.05, 0) is 26.8 Å². The van der Waals surface area contributed by atoms with Crippen LogP contribution in [0.15, 0.2) is 12.1 Å². The van der Waals surface area contributed by atoms with Crippen LogP contribution >= 0.6 is 11.6 Å². The predicted molar refractivity (Wildman–Crippen MR) is 58.2 cm³/mol. The largest absolute Gasteiger partial charge is 0.474 e. The highest BCUT2D eigenvalue weighted by Crippen LogP contribution is 2.09. The number of rotatable bonds is 4. The van der Waals surface area contributed by atoms with Gasteiger partial charge >= 0.3 is 0 Å². The Balaban J connectivity index is 2.23. The van der Waals surface area contributed by atoms with E-state index in [0.29, 0.717) is 24.2 Å². The molecule has 0 aliphatic rings. The predicted octanol–water partition coefficient (Wildman–Crippen LogP) is 2.32. The zero-order valence-corrected chi connectivity index (χ0v) is 9.91. The van der Waals surface area contributed by atoms with Crippen molar-refractivity contribution < 1.29 is 9.47 Å². The molecule has 84 valence electrons. The Kier molecular flexibility index (Phi) is 4.29. The molecule has 4 nitrogen and oxygen atoms in total. The Hall–Kier alpha value is -0.870. The third kappa shape index (κ3) is 5.54. The van der Waals surface area contributed by atoms with E-state index in [-0.39, 0.29) is 5.60 Å². The molecule has 0 saturated heterocycles. The van der Waals surface area contributed by atoms with Gasteiger partial charge in [-0.15, -0.1) is 10.2 Å². The van der Waals surface area contributed by atoms with Crippen LogP contribution in [0, 0.1) is 0 Å². The molecule has 0 saturated carbocycles.